The Labute approximate surface area is 172 Å². The molecule has 2 aromatic carbocycles. The van der Waals surface area contributed by atoms with Crippen molar-refractivity contribution in [1.29, 1.82) is 0 Å². The fourth-order valence-corrected chi connectivity index (χ4v) is 6.46. The predicted molar refractivity (Wildman–Crippen MR) is 113 cm³/mol. The highest BCUT2D eigenvalue weighted by Gasteiger charge is 2.56. The zero-order chi connectivity index (χ0) is 20.2. The van der Waals surface area contributed by atoms with Crippen LogP contribution >= 0.6 is 0 Å². The summed E-state index contributed by atoms with van der Waals surface area (Å²) in [6, 6.07) is 13.2. The lowest BCUT2D eigenvalue weighted by Gasteiger charge is -2.49. The molecule has 1 N–H and O–H groups in total. The second-order valence-corrected chi connectivity index (χ2v) is 9.40. The number of aryl methyl sites for hydroxylation is 1. The van der Waals surface area contributed by atoms with E-state index in [9.17, 15) is 9.50 Å². The summed E-state index contributed by atoms with van der Waals surface area (Å²) in [6.07, 6.45) is 7.08. The molecule has 2 aromatic rings. The van der Waals surface area contributed by atoms with Crippen LogP contribution in [0, 0.1) is 23.1 Å². The first kappa shape index (κ1) is 18.9. The third-order valence-corrected chi connectivity index (χ3v) is 8.02. The first-order valence-corrected chi connectivity index (χ1v) is 10.8. The average Bonchev–Trinajstić information content (AvgIpc) is 2.99. The Kier molecular flexibility index (Phi) is 4.54. The van der Waals surface area contributed by atoms with Crippen LogP contribution in [0.3, 0.4) is 0 Å². The number of hydrogen-bond acceptors (Lipinski definition) is 2. The van der Waals surface area contributed by atoms with E-state index in [0.29, 0.717) is 17.8 Å². The molecule has 5 rings (SSSR count). The lowest BCUT2D eigenvalue weighted by atomic mass is 9.55. The number of hydrogen-bond donors (Lipinski definition) is 1. The van der Waals surface area contributed by atoms with Gasteiger partial charge < -0.3 is 9.84 Å². The molecule has 0 heterocycles. The number of rotatable bonds is 2. The standard InChI is InChI=1S/C26H29FO2/c1-26-12-11-22-21-10-8-20(29-2)14-17(21)5-9-23(22)24(26)15-18(25(26)28)13-16-3-6-19(27)7-4-16/h3-4,6-8,10,13-14,22-25,28H,5,9,11-12,15H2,1-2H3/b18-13+/t22-,23-,24+,25-,26+/m1/s1. The summed E-state index contributed by atoms with van der Waals surface area (Å²) in [5, 5.41) is 11.3. The molecule has 2 nitrogen and oxygen atoms in total. The maximum absolute atomic E-state index is 13.3. The Bertz CT molecular complexity index is 948. The minimum Gasteiger partial charge on any atom is -0.497 e. The van der Waals surface area contributed by atoms with E-state index in [1.807, 2.05) is 0 Å². The van der Waals surface area contributed by atoms with Crippen molar-refractivity contribution in [2.75, 3.05) is 7.11 Å². The van der Waals surface area contributed by atoms with Gasteiger partial charge >= 0.3 is 0 Å². The fourth-order valence-electron chi connectivity index (χ4n) is 6.46. The van der Waals surface area contributed by atoms with Gasteiger partial charge in [-0.2, -0.15) is 0 Å². The first-order chi connectivity index (χ1) is 14.0. The summed E-state index contributed by atoms with van der Waals surface area (Å²) in [7, 11) is 1.73. The molecule has 0 unspecified atom stereocenters. The van der Waals surface area contributed by atoms with Crippen molar-refractivity contribution >= 4 is 6.08 Å². The van der Waals surface area contributed by atoms with Gasteiger partial charge in [-0.1, -0.05) is 31.2 Å². The van der Waals surface area contributed by atoms with E-state index in [1.165, 1.54) is 29.7 Å². The third-order valence-electron chi connectivity index (χ3n) is 8.02. The lowest BCUT2D eigenvalue weighted by molar-refractivity contribution is -0.0158. The molecule has 0 radical (unpaired) electrons. The van der Waals surface area contributed by atoms with Crippen LogP contribution < -0.4 is 4.74 Å². The van der Waals surface area contributed by atoms with Crippen LogP contribution in [0.25, 0.3) is 6.08 Å². The zero-order valence-corrected chi connectivity index (χ0v) is 17.2. The molecular formula is C26H29FO2. The van der Waals surface area contributed by atoms with Crippen molar-refractivity contribution in [3.8, 4) is 5.75 Å². The molecule has 29 heavy (non-hydrogen) atoms. The van der Waals surface area contributed by atoms with Gasteiger partial charge in [-0.3, -0.25) is 0 Å². The smallest absolute Gasteiger partial charge is 0.123 e. The first-order valence-electron chi connectivity index (χ1n) is 10.8. The molecular weight excluding hydrogens is 363 g/mol. The molecule has 3 aliphatic rings. The molecule has 3 aliphatic carbocycles. The summed E-state index contributed by atoms with van der Waals surface area (Å²) in [4.78, 5) is 0. The zero-order valence-electron chi connectivity index (χ0n) is 17.2. The summed E-state index contributed by atoms with van der Waals surface area (Å²) in [5.41, 5.74) is 4.96. The van der Waals surface area contributed by atoms with Crippen molar-refractivity contribution in [1.82, 2.24) is 0 Å². The molecule has 5 atom stereocenters. The predicted octanol–water partition coefficient (Wildman–Crippen LogP) is 5.74. The van der Waals surface area contributed by atoms with Crippen molar-refractivity contribution in [2.24, 2.45) is 17.3 Å². The van der Waals surface area contributed by atoms with Crippen LogP contribution in [0.2, 0.25) is 0 Å². The van der Waals surface area contributed by atoms with Crippen LogP contribution in [-0.2, 0) is 6.42 Å². The molecule has 0 aliphatic heterocycles. The average molecular weight is 393 g/mol. The monoisotopic (exact) mass is 392 g/mol. The second-order valence-electron chi connectivity index (χ2n) is 9.40. The number of benzene rings is 2. The van der Waals surface area contributed by atoms with Crippen LogP contribution in [0.15, 0.2) is 48.0 Å². The van der Waals surface area contributed by atoms with Crippen LogP contribution in [-0.4, -0.2) is 18.3 Å². The van der Waals surface area contributed by atoms with Gasteiger partial charge in [-0.05, 0) is 96.4 Å². The van der Waals surface area contributed by atoms with E-state index in [1.54, 1.807) is 19.2 Å². The Morgan fingerprint density at radius 2 is 1.93 bits per heavy atom. The van der Waals surface area contributed by atoms with Gasteiger partial charge in [0.25, 0.3) is 0 Å². The van der Waals surface area contributed by atoms with Crippen molar-refractivity contribution < 1.29 is 14.2 Å². The number of halogens is 1. The molecule has 0 amide bonds. The summed E-state index contributed by atoms with van der Waals surface area (Å²) >= 11 is 0. The quantitative estimate of drug-likeness (QED) is 0.706. The van der Waals surface area contributed by atoms with Crippen LogP contribution in [0.1, 0.15) is 55.2 Å². The molecule has 0 spiro atoms. The molecule has 0 bridgehead atoms. The van der Waals surface area contributed by atoms with Crippen LogP contribution in [0.4, 0.5) is 4.39 Å². The topological polar surface area (TPSA) is 29.5 Å². The SMILES string of the molecule is COc1ccc2c(c1)CC[C@@H]1[C@@H]2CC[C@]2(C)[C@H](O)/C(=C/c3ccc(F)cc3)C[C@@H]12. The Hall–Kier alpha value is -2.13. The highest BCUT2D eigenvalue weighted by Crippen LogP contribution is 2.62. The van der Waals surface area contributed by atoms with Gasteiger partial charge in [0.05, 0.1) is 13.2 Å². The normalized spacial score (nSPS) is 34.4. The van der Waals surface area contributed by atoms with Gasteiger partial charge in [0, 0.05) is 5.41 Å². The van der Waals surface area contributed by atoms with Gasteiger partial charge in [-0.25, -0.2) is 4.39 Å². The molecule has 152 valence electrons. The van der Waals surface area contributed by atoms with E-state index >= 15 is 0 Å². The maximum atomic E-state index is 13.3. The molecule has 2 saturated carbocycles. The largest absolute Gasteiger partial charge is 0.497 e. The summed E-state index contributed by atoms with van der Waals surface area (Å²) < 4.78 is 18.7. The highest BCUT2D eigenvalue weighted by atomic mass is 19.1. The Morgan fingerprint density at radius 3 is 2.69 bits per heavy atom. The fraction of sp³-hybridized carbons (Fsp3) is 0.462. The highest BCUT2D eigenvalue weighted by molar-refractivity contribution is 5.55. The summed E-state index contributed by atoms with van der Waals surface area (Å²) in [6.45, 7) is 2.29. The number of aliphatic hydroxyl groups excluding tert-OH is 1. The maximum Gasteiger partial charge on any atom is 0.123 e. The second kappa shape index (κ2) is 6.98. The molecule has 0 saturated heterocycles. The lowest BCUT2D eigenvalue weighted by Crippen LogP contribution is -2.44. The minimum atomic E-state index is -0.407. The molecule has 3 heteroatoms. The van der Waals surface area contributed by atoms with Gasteiger partial charge in [0.2, 0.25) is 0 Å². The van der Waals surface area contributed by atoms with E-state index in [-0.39, 0.29) is 11.2 Å². The van der Waals surface area contributed by atoms with Crippen LogP contribution in [0.5, 0.6) is 5.75 Å². The van der Waals surface area contributed by atoms with Crippen molar-refractivity contribution in [3.05, 3.63) is 70.5 Å². The number of methoxy groups -OCH3 is 1. The Balaban J connectivity index is 1.46. The molecule has 0 aromatic heterocycles. The van der Waals surface area contributed by atoms with Crippen molar-refractivity contribution in [2.45, 2.75) is 51.0 Å². The van der Waals surface area contributed by atoms with Gasteiger partial charge in [-0.15, -0.1) is 0 Å². The van der Waals surface area contributed by atoms with E-state index in [4.69, 9.17) is 4.74 Å². The van der Waals surface area contributed by atoms with E-state index in [0.717, 1.165) is 42.6 Å². The third kappa shape index (κ3) is 3.02. The molecule has 2 fully saturated rings. The van der Waals surface area contributed by atoms with E-state index < -0.39 is 6.10 Å². The Morgan fingerprint density at radius 1 is 1.14 bits per heavy atom. The van der Waals surface area contributed by atoms with E-state index in [2.05, 4.69) is 31.2 Å². The number of fused-ring (bicyclic) bond motifs is 5. The number of aliphatic hydroxyl groups is 1. The minimum absolute atomic E-state index is 0.0585. The summed E-state index contributed by atoms with van der Waals surface area (Å²) in [5.74, 6) is 2.42. The van der Waals surface area contributed by atoms with Gasteiger partial charge in [0.1, 0.15) is 11.6 Å². The van der Waals surface area contributed by atoms with Crippen molar-refractivity contribution in [3.63, 3.8) is 0 Å². The number of ether oxygens (including phenoxy) is 1. The van der Waals surface area contributed by atoms with Gasteiger partial charge in [0.15, 0.2) is 0 Å².